The van der Waals surface area contributed by atoms with E-state index in [2.05, 4.69) is 81.7 Å². The Labute approximate surface area is 161 Å². The molecule has 0 bridgehead atoms. The second-order valence-corrected chi connectivity index (χ2v) is 8.09. The van der Waals surface area contributed by atoms with E-state index >= 15 is 0 Å². The minimum Gasteiger partial charge on any atom is -0.349 e. The molecule has 6 rings (SSSR count). The summed E-state index contributed by atoms with van der Waals surface area (Å²) < 4.78 is 0. The molecule has 1 fully saturated rings. The summed E-state index contributed by atoms with van der Waals surface area (Å²) in [5.74, 6) is 0.689. The lowest BCUT2D eigenvalue weighted by atomic mass is 9.97. The van der Waals surface area contributed by atoms with Crippen LogP contribution in [0, 0.1) is 5.92 Å². The van der Waals surface area contributed by atoms with E-state index in [9.17, 15) is 0 Å². The predicted octanol–water partition coefficient (Wildman–Crippen LogP) is 4.52. The van der Waals surface area contributed by atoms with Gasteiger partial charge in [-0.15, -0.1) is 0 Å². The molecule has 1 saturated heterocycles. The fourth-order valence-corrected chi connectivity index (χ4v) is 5.43. The van der Waals surface area contributed by atoms with Gasteiger partial charge in [0.1, 0.15) is 6.17 Å². The molecule has 0 saturated carbocycles. The molecule has 2 aromatic carbocycles. The van der Waals surface area contributed by atoms with Crippen LogP contribution in [0.4, 0.5) is 11.4 Å². The highest BCUT2D eigenvalue weighted by Gasteiger charge is 2.42. The van der Waals surface area contributed by atoms with Crippen molar-refractivity contribution >= 4 is 11.4 Å². The molecule has 3 heterocycles. The van der Waals surface area contributed by atoms with Gasteiger partial charge in [0.05, 0.1) is 5.69 Å². The minimum absolute atomic E-state index is 0.372. The van der Waals surface area contributed by atoms with E-state index < -0.39 is 0 Å². The van der Waals surface area contributed by atoms with Crippen LogP contribution in [0.3, 0.4) is 0 Å². The van der Waals surface area contributed by atoms with Gasteiger partial charge in [0, 0.05) is 36.8 Å². The van der Waals surface area contributed by atoms with Crippen molar-refractivity contribution in [3.8, 4) is 0 Å². The van der Waals surface area contributed by atoms with Crippen molar-refractivity contribution in [1.82, 2.24) is 5.01 Å². The van der Waals surface area contributed by atoms with Crippen molar-refractivity contribution in [2.45, 2.75) is 31.8 Å². The molecule has 2 atom stereocenters. The summed E-state index contributed by atoms with van der Waals surface area (Å²) in [6.07, 6.45) is 12.0. The number of benzene rings is 2. The van der Waals surface area contributed by atoms with Crippen molar-refractivity contribution in [3.63, 3.8) is 0 Å². The Bertz CT molecular complexity index is 944. The zero-order valence-electron chi connectivity index (χ0n) is 15.6. The molecule has 1 aliphatic carbocycles. The average Bonchev–Trinajstić information content (AvgIpc) is 3.42. The van der Waals surface area contributed by atoms with Crippen LogP contribution in [-0.2, 0) is 12.8 Å². The summed E-state index contributed by atoms with van der Waals surface area (Å²) in [6.45, 7) is 2.24. The van der Waals surface area contributed by atoms with Crippen molar-refractivity contribution < 1.29 is 0 Å². The summed E-state index contributed by atoms with van der Waals surface area (Å²) in [4.78, 5) is 2.64. The molecule has 2 aromatic rings. The predicted molar refractivity (Wildman–Crippen MR) is 111 cm³/mol. The molecular formula is C24H25N3. The third-order valence-corrected chi connectivity index (χ3v) is 6.70. The third kappa shape index (κ3) is 2.27. The Morgan fingerprint density at radius 1 is 0.852 bits per heavy atom. The molecule has 3 heteroatoms. The van der Waals surface area contributed by atoms with E-state index in [0.717, 1.165) is 25.9 Å². The molecule has 0 aromatic heterocycles. The van der Waals surface area contributed by atoms with Crippen molar-refractivity contribution in [1.29, 1.82) is 0 Å². The van der Waals surface area contributed by atoms with E-state index in [-0.39, 0.29) is 0 Å². The van der Waals surface area contributed by atoms with E-state index in [1.807, 2.05) is 0 Å². The van der Waals surface area contributed by atoms with E-state index in [1.54, 1.807) is 0 Å². The molecular weight excluding hydrogens is 330 g/mol. The third-order valence-electron chi connectivity index (χ3n) is 6.70. The first kappa shape index (κ1) is 15.4. The smallest absolute Gasteiger partial charge is 0.125 e. The summed E-state index contributed by atoms with van der Waals surface area (Å²) in [6, 6.07) is 18.0. The number of hydrogen-bond acceptors (Lipinski definition) is 3. The van der Waals surface area contributed by atoms with Crippen LogP contribution >= 0.6 is 0 Å². The highest BCUT2D eigenvalue weighted by molar-refractivity contribution is 5.66. The van der Waals surface area contributed by atoms with Crippen molar-refractivity contribution in [3.05, 3.63) is 83.6 Å². The lowest BCUT2D eigenvalue weighted by Gasteiger charge is -2.43. The first-order valence-corrected chi connectivity index (χ1v) is 10.3. The van der Waals surface area contributed by atoms with Crippen LogP contribution in [0.15, 0.2) is 72.5 Å². The highest BCUT2D eigenvalue weighted by atomic mass is 15.7. The quantitative estimate of drug-likeness (QED) is 0.784. The Hall–Kier alpha value is -2.68. The Morgan fingerprint density at radius 3 is 2.59 bits per heavy atom. The van der Waals surface area contributed by atoms with Gasteiger partial charge in [0.15, 0.2) is 0 Å². The second-order valence-electron chi connectivity index (χ2n) is 8.09. The van der Waals surface area contributed by atoms with Gasteiger partial charge < -0.3 is 4.90 Å². The molecule has 3 aliphatic heterocycles. The van der Waals surface area contributed by atoms with E-state index in [4.69, 9.17) is 0 Å². The topological polar surface area (TPSA) is 9.72 Å². The molecule has 27 heavy (non-hydrogen) atoms. The monoisotopic (exact) mass is 355 g/mol. The number of para-hydroxylation sites is 2. The largest absolute Gasteiger partial charge is 0.349 e. The lowest BCUT2D eigenvalue weighted by Crippen LogP contribution is -2.53. The van der Waals surface area contributed by atoms with Gasteiger partial charge in [-0.25, -0.2) is 0 Å². The number of anilines is 2. The van der Waals surface area contributed by atoms with Crippen LogP contribution in [0.2, 0.25) is 0 Å². The highest BCUT2D eigenvalue weighted by Crippen LogP contribution is 2.44. The molecule has 0 spiro atoms. The lowest BCUT2D eigenvalue weighted by molar-refractivity contribution is 0.316. The fourth-order valence-electron chi connectivity index (χ4n) is 5.43. The van der Waals surface area contributed by atoms with Gasteiger partial charge in [-0.3, -0.25) is 10.0 Å². The molecule has 0 N–H and O–H groups in total. The SMILES string of the molecule is C1=CCC2CCN(N3c4ccccc4CC3N3CCc4ccccc43)C2=C1. The summed E-state index contributed by atoms with van der Waals surface area (Å²) in [5.41, 5.74) is 7.29. The van der Waals surface area contributed by atoms with Crippen LogP contribution < -0.4 is 9.91 Å². The molecule has 3 nitrogen and oxygen atoms in total. The molecule has 4 aliphatic rings. The standard InChI is InChI=1S/C24H25N3/c1-4-10-21-18(7-1)13-15-25(21)24-17-20-9-3-6-12-23(20)27(24)26-16-14-19-8-2-5-11-22(19)26/h1-7,9-12,19,24H,8,13-17H2. The number of hydrazine groups is 1. The van der Waals surface area contributed by atoms with Gasteiger partial charge in [0.2, 0.25) is 0 Å². The zero-order chi connectivity index (χ0) is 17.8. The fraction of sp³-hybridized carbons (Fsp3) is 0.333. The maximum atomic E-state index is 2.64. The number of fused-ring (bicyclic) bond motifs is 3. The molecule has 0 radical (unpaired) electrons. The Morgan fingerprint density at radius 2 is 1.67 bits per heavy atom. The van der Waals surface area contributed by atoms with Crippen LogP contribution in [0.25, 0.3) is 0 Å². The molecule has 136 valence electrons. The normalized spacial score (nSPS) is 25.5. The maximum Gasteiger partial charge on any atom is 0.125 e. The van der Waals surface area contributed by atoms with Gasteiger partial charge in [-0.1, -0.05) is 48.6 Å². The number of rotatable bonds is 2. The van der Waals surface area contributed by atoms with E-state index in [0.29, 0.717) is 12.1 Å². The second kappa shape index (κ2) is 5.91. The summed E-state index contributed by atoms with van der Waals surface area (Å²) >= 11 is 0. The van der Waals surface area contributed by atoms with Gasteiger partial charge in [0.25, 0.3) is 0 Å². The number of nitrogens with zero attached hydrogens (tertiary/aromatic N) is 3. The number of allylic oxidation sites excluding steroid dienone is 4. The van der Waals surface area contributed by atoms with Gasteiger partial charge in [-0.2, -0.15) is 0 Å². The summed E-state index contributed by atoms with van der Waals surface area (Å²) in [5, 5.41) is 5.20. The van der Waals surface area contributed by atoms with Crippen molar-refractivity contribution in [2.24, 2.45) is 5.92 Å². The Kier molecular flexibility index (Phi) is 3.37. The van der Waals surface area contributed by atoms with Crippen LogP contribution in [0.1, 0.15) is 24.0 Å². The maximum absolute atomic E-state index is 2.64. The first-order valence-electron chi connectivity index (χ1n) is 10.3. The van der Waals surface area contributed by atoms with E-state index in [1.165, 1.54) is 41.0 Å². The number of hydrogen-bond donors (Lipinski definition) is 0. The average molecular weight is 355 g/mol. The minimum atomic E-state index is 0.372. The van der Waals surface area contributed by atoms with Crippen LogP contribution in [0.5, 0.6) is 0 Å². The Balaban J connectivity index is 1.43. The summed E-state index contributed by atoms with van der Waals surface area (Å²) in [7, 11) is 0. The first-order chi connectivity index (χ1) is 13.4. The van der Waals surface area contributed by atoms with Gasteiger partial charge in [-0.05, 0) is 48.6 Å². The molecule has 0 amide bonds. The zero-order valence-corrected chi connectivity index (χ0v) is 15.6. The molecule has 2 unspecified atom stereocenters. The van der Waals surface area contributed by atoms with Crippen molar-refractivity contribution in [2.75, 3.05) is 23.0 Å². The van der Waals surface area contributed by atoms with Crippen LogP contribution in [-0.4, -0.2) is 24.3 Å². The van der Waals surface area contributed by atoms with Gasteiger partial charge >= 0.3 is 0 Å².